The van der Waals surface area contributed by atoms with E-state index in [1.165, 1.54) is 19.3 Å². The highest BCUT2D eigenvalue weighted by molar-refractivity contribution is 5.24. The summed E-state index contributed by atoms with van der Waals surface area (Å²) in [5.74, 6) is 0.647. The van der Waals surface area contributed by atoms with Crippen LogP contribution in [0.3, 0.4) is 0 Å². The van der Waals surface area contributed by atoms with Crippen LogP contribution in [0.15, 0.2) is 30.3 Å². The highest BCUT2D eigenvalue weighted by atomic mass is 16.3. The van der Waals surface area contributed by atoms with Crippen molar-refractivity contribution in [3.8, 4) is 0 Å². The molecule has 0 amide bonds. The molecule has 0 heterocycles. The third-order valence-corrected chi connectivity index (χ3v) is 5.39. The van der Waals surface area contributed by atoms with E-state index in [0.29, 0.717) is 5.92 Å². The Hall–Kier alpha value is -0.860. The molecule has 0 aliphatic rings. The van der Waals surface area contributed by atoms with E-state index in [4.69, 9.17) is 5.11 Å². The van der Waals surface area contributed by atoms with E-state index in [1.807, 2.05) is 18.2 Å². The van der Waals surface area contributed by atoms with Crippen LogP contribution < -0.4 is 0 Å². The van der Waals surface area contributed by atoms with Crippen LogP contribution in [0, 0.1) is 11.3 Å². The molecule has 0 saturated carbocycles. The van der Waals surface area contributed by atoms with Gasteiger partial charge in [-0.15, -0.1) is 0 Å². The normalized spacial score (nSPS) is 15.9. The summed E-state index contributed by atoms with van der Waals surface area (Å²) >= 11 is 0. The van der Waals surface area contributed by atoms with Gasteiger partial charge in [0, 0.05) is 6.61 Å². The predicted molar refractivity (Wildman–Crippen MR) is 103 cm³/mol. The first kappa shape index (κ1) is 21.2. The van der Waals surface area contributed by atoms with E-state index in [1.54, 1.807) is 0 Å². The fourth-order valence-electron chi connectivity index (χ4n) is 3.55. The van der Waals surface area contributed by atoms with Crippen molar-refractivity contribution in [3.05, 3.63) is 35.9 Å². The van der Waals surface area contributed by atoms with Gasteiger partial charge >= 0.3 is 0 Å². The van der Waals surface area contributed by atoms with Crippen molar-refractivity contribution in [2.24, 2.45) is 11.3 Å². The Kier molecular flexibility index (Phi) is 9.01. The summed E-state index contributed by atoms with van der Waals surface area (Å²) in [6, 6.07) is 10.1. The van der Waals surface area contributed by atoms with E-state index in [0.717, 1.165) is 37.7 Å². The molecule has 1 aromatic rings. The third kappa shape index (κ3) is 6.22. The molecule has 2 N–H and O–H groups in total. The fourth-order valence-corrected chi connectivity index (χ4v) is 3.55. The minimum atomic E-state index is -0.796. The molecule has 2 atom stereocenters. The largest absolute Gasteiger partial charge is 0.396 e. The van der Waals surface area contributed by atoms with Gasteiger partial charge in [0.1, 0.15) is 0 Å². The van der Waals surface area contributed by atoms with Crippen molar-refractivity contribution in [1.82, 2.24) is 0 Å². The molecule has 2 nitrogen and oxygen atoms in total. The van der Waals surface area contributed by atoms with Crippen LogP contribution in [0.1, 0.15) is 84.6 Å². The zero-order valence-corrected chi connectivity index (χ0v) is 16.2. The molecule has 0 fully saturated rings. The van der Waals surface area contributed by atoms with Crippen LogP contribution in [0.25, 0.3) is 0 Å². The molecule has 0 spiro atoms. The lowest BCUT2D eigenvalue weighted by Crippen LogP contribution is -2.40. The minimum Gasteiger partial charge on any atom is -0.396 e. The average molecular weight is 335 g/mol. The molecule has 0 saturated heterocycles. The molecule has 0 aliphatic heterocycles. The molecule has 2 heteroatoms. The van der Waals surface area contributed by atoms with E-state index >= 15 is 0 Å². The van der Waals surface area contributed by atoms with Crippen LogP contribution in [0.5, 0.6) is 0 Å². The van der Waals surface area contributed by atoms with E-state index < -0.39 is 5.60 Å². The first-order valence-electron chi connectivity index (χ1n) is 9.74. The lowest BCUT2D eigenvalue weighted by Gasteiger charge is -2.42. The zero-order chi connectivity index (χ0) is 18.1. The average Bonchev–Trinajstić information content (AvgIpc) is 2.56. The van der Waals surface area contributed by atoms with Gasteiger partial charge in [-0.05, 0) is 36.2 Å². The maximum Gasteiger partial charge on any atom is 0.0944 e. The third-order valence-electron chi connectivity index (χ3n) is 5.39. The first-order chi connectivity index (χ1) is 11.3. The van der Waals surface area contributed by atoms with Crippen LogP contribution in [-0.4, -0.2) is 16.8 Å². The van der Waals surface area contributed by atoms with Crippen LogP contribution in [-0.2, 0) is 5.60 Å². The topological polar surface area (TPSA) is 40.5 Å². The number of benzene rings is 1. The van der Waals surface area contributed by atoms with E-state index in [-0.39, 0.29) is 12.0 Å². The van der Waals surface area contributed by atoms with E-state index in [2.05, 4.69) is 39.8 Å². The molecule has 1 rings (SSSR count). The number of hydrogen-bond donors (Lipinski definition) is 2. The maximum atomic E-state index is 11.5. The molecule has 1 aromatic carbocycles. The second kappa shape index (κ2) is 10.2. The lowest BCUT2D eigenvalue weighted by atomic mass is 9.68. The summed E-state index contributed by atoms with van der Waals surface area (Å²) in [7, 11) is 0. The van der Waals surface area contributed by atoms with Gasteiger partial charge in [0.25, 0.3) is 0 Å². The van der Waals surface area contributed by atoms with Gasteiger partial charge in [0.15, 0.2) is 0 Å². The number of rotatable bonds is 11. The number of hydrogen-bond acceptors (Lipinski definition) is 2. The molecule has 0 radical (unpaired) electrons. The van der Waals surface area contributed by atoms with Gasteiger partial charge in [0.05, 0.1) is 5.60 Å². The van der Waals surface area contributed by atoms with Crippen molar-refractivity contribution in [2.45, 2.75) is 84.7 Å². The van der Waals surface area contributed by atoms with Gasteiger partial charge in [-0.1, -0.05) is 90.1 Å². The Morgan fingerprint density at radius 1 is 0.917 bits per heavy atom. The SMILES string of the molecule is CCCCC(CCCCO)CCC(O)(c1ccccc1)C(C)(C)C. The molecule has 0 bridgehead atoms. The van der Waals surface area contributed by atoms with Crippen molar-refractivity contribution >= 4 is 0 Å². The number of aliphatic hydroxyl groups is 2. The zero-order valence-electron chi connectivity index (χ0n) is 16.2. The van der Waals surface area contributed by atoms with Crippen molar-refractivity contribution in [2.75, 3.05) is 6.61 Å². The minimum absolute atomic E-state index is 0.200. The molecule has 0 aromatic heterocycles. The van der Waals surface area contributed by atoms with Gasteiger partial charge in [-0.2, -0.15) is 0 Å². The van der Waals surface area contributed by atoms with Gasteiger partial charge < -0.3 is 10.2 Å². The summed E-state index contributed by atoms with van der Waals surface area (Å²) in [6.45, 7) is 8.92. The molecule has 2 unspecified atom stereocenters. The number of aliphatic hydroxyl groups excluding tert-OH is 1. The summed E-state index contributed by atoms with van der Waals surface area (Å²) in [4.78, 5) is 0. The summed E-state index contributed by atoms with van der Waals surface area (Å²) in [6.07, 6.45) is 8.70. The van der Waals surface area contributed by atoms with Crippen molar-refractivity contribution in [1.29, 1.82) is 0 Å². The first-order valence-corrected chi connectivity index (χ1v) is 9.74. The molecule has 0 aliphatic carbocycles. The lowest BCUT2D eigenvalue weighted by molar-refractivity contribution is -0.0757. The highest BCUT2D eigenvalue weighted by Crippen LogP contribution is 2.44. The molecule has 24 heavy (non-hydrogen) atoms. The van der Waals surface area contributed by atoms with Gasteiger partial charge in [-0.3, -0.25) is 0 Å². The Labute approximate surface area is 149 Å². The monoisotopic (exact) mass is 334 g/mol. The molecular weight excluding hydrogens is 296 g/mol. The van der Waals surface area contributed by atoms with Gasteiger partial charge in [-0.25, -0.2) is 0 Å². The quantitative estimate of drug-likeness (QED) is 0.512. The second-order valence-corrected chi connectivity index (χ2v) is 8.24. The highest BCUT2D eigenvalue weighted by Gasteiger charge is 2.41. The Balaban J connectivity index is 2.81. The smallest absolute Gasteiger partial charge is 0.0944 e. The maximum absolute atomic E-state index is 11.5. The summed E-state index contributed by atoms with van der Waals surface area (Å²) in [5.41, 5.74) is 0.0341. The Bertz CT molecular complexity index is 435. The summed E-state index contributed by atoms with van der Waals surface area (Å²) in [5, 5.41) is 20.6. The van der Waals surface area contributed by atoms with Gasteiger partial charge in [0.2, 0.25) is 0 Å². The molecule has 138 valence electrons. The number of unbranched alkanes of at least 4 members (excludes halogenated alkanes) is 2. The summed E-state index contributed by atoms with van der Waals surface area (Å²) < 4.78 is 0. The second-order valence-electron chi connectivity index (χ2n) is 8.24. The standard InChI is InChI=1S/C22H38O2/c1-5-6-12-19(13-10-11-18-23)16-17-22(24,21(2,3)4)20-14-8-7-9-15-20/h7-9,14-15,19,23-24H,5-6,10-13,16-18H2,1-4H3. The van der Waals surface area contributed by atoms with Crippen molar-refractivity contribution in [3.63, 3.8) is 0 Å². The van der Waals surface area contributed by atoms with Crippen LogP contribution >= 0.6 is 0 Å². The molecular formula is C22H38O2. The predicted octanol–water partition coefficient (Wildman–Crippen LogP) is 5.67. The van der Waals surface area contributed by atoms with E-state index in [9.17, 15) is 5.11 Å². The van der Waals surface area contributed by atoms with Crippen molar-refractivity contribution < 1.29 is 10.2 Å². The van der Waals surface area contributed by atoms with Crippen LogP contribution in [0.4, 0.5) is 0 Å². The van der Waals surface area contributed by atoms with Crippen LogP contribution in [0.2, 0.25) is 0 Å². The Morgan fingerprint density at radius 2 is 1.54 bits per heavy atom. The Morgan fingerprint density at radius 3 is 2.08 bits per heavy atom. The fraction of sp³-hybridized carbons (Fsp3) is 0.727.